The number of aliphatic hydroxyl groups is 1. The molecule has 1 aliphatic carbocycles. The predicted octanol–water partition coefficient (Wildman–Crippen LogP) is 4.38. The second-order valence-electron chi connectivity index (χ2n) is 9.28. The van der Waals surface area contributed by atoms with Gasteiger partial charge in [-0.2, -0.15) is 13.2 Å². The first-order valence-electron chi connectivity index (χ1n) is 11.8. The van der Waals surface area contributed by atoms with Crippen LogP contribution in [-0.2, 0) is 0 Å². The Bertz CT molecular complexity index is 1170. The van der Waals surface area contributed by atoms with E-state index in [0.29, 0.717) is 30.7 Å². The third kappa shape index (κ3) is 5.69. The maximum absolute atomic E-state index is 14.1. The molecule has 37 heavy (non-hydrogen) atoms. The van der Waals surface area contributed by atoms with E-state index in [2.05, 4.69) is 20.6 Å². The third-order valence-corrected chi connectivity index (χ3v) is 7.75. The van der Waals surface area contributed by atoms with E-state index in [0.717, 1.165) is 32.0 Å². The molecule has 2 unspecified atom stereocenters. The molecule has 202 valence electrons. The van der Waals surface area contributed by atoms with E-state index in [1.54, 1.807) is 4.90 Å². The first-order valence-corrected chi connectivity index (χ1v) is 12.6. The topological polar surface area (TPSA) is 107 Å². The molecule has 2 aromatic heterocycles. The summed E-state index contributed by atoms with van der Waals surface area (Å²) in [5.74, 6) is -1.61. The normalized spacial score (nSPS) is 22.6. The minimum Gasteiger partial charge on any atom is -0.391 e. The van der Waals surface area contributed by atoms with Crippen LogP contribution in [0, 0.1) is 0 Å². The summed E-state index contributed by atoms with van der Waals surface area (Å²) >= 11 is 0.716. The van der Waals surface area contributed by atoms with Crippen LogP contribution in [0.4, 0.5) is 27.8 Å². The van der Waals surface area contributed by atoms with Gasteiger partial charge in [0.25, 0.3) is 18.2 Å². The number of thiazole rings is 1. The number of carbonyl (C=O) groups is 2. The van der Waals surface area contributed by atoms with E-state index >= 15 is 0 Å². The lowest BCUT2D eigenvalue weighted by Gasteiger charge is -2.32. The number of pyridine rings is 1. The molecule has 14 heteroatoms. The molecule has 3 heterocycles. The molecule has 2 fully saturated rings. The zero-order valence-corrected chi connectivity index (χ0v) is 20.8. The van der Waals surface area contributed by atoms with Gasteiger partial charge < -0.3 is 20.6 Å². The number of anilines is 1. The molecule has 4 atom stereocenters. The molecule has 1 saturated heterocycles. The Hall–Kier alpha value is -2.87. The standard InChI is InChI=1S/C23H26F5N5O3S/c1-10-4-3-7-33(10)22(36)17-18(37-21(32-17)20(35)31-14-5-6-15(14)34)13-9-29-16(8-12(13)19(24)25)30-11(2)23(26,27)28/h8-11,14-15,19,34H,3-7H2,1-2H3,(H,29,30)(H,31,35)/t10-,11-,14?,15?/m0/s1. The van der Waals surface area contributed by atoms with Crippen LogP contribution < -0.4 is 10.6 Å². The second kappa shape index (κ2) is 10.5. The van der Waals surface area contributed by atoms with Crippen LogP contribution in [0.1, 0.15) is 71.8 Å². The Kier molecular flexibility index (Phi) is 7.70. The number of aromatic nitrogens is 2. The molecular formula is C23H26F5N5O3S. The zero-order valence-electron chi connectivity index (χ0n) is 20.0. The van der Waals surface area contributed by atoms with Crippen molar-refractivity contribution in [2.24, 2.45) is 0 Å². The van der Waals surface area contributed by atoms with Gasteiger partial charge >= 0.3 is 6.18 Å². The first-order chi connectivity index (χ1) is 17.4. The molecular weight excluding hydrogens is 521 g/mol. The van der Waals surface area contributed by atoms with Gasteiger partial charge in [-0.1, -0.05) is 0 Å². The first kappa shape index (κ1) is 27.2. The minimum absolute atomic E-state index is 0.0263. The van der Waals surface area contributed by atoms with Gasteiger partial charge in [0, 0.05) is 29.9 Å². The second-order valence-corrected chi connectivity index (χ2v) is 10.3. The highest BCUT2D eigenvalue weighted by Gasteiger charge is 2.37. The Morgan fingerprint density at radius 2 is 1.97 bits per heavy atom. The van der Waals surface area contributed by atoms with Crippen molar-refractivity contribution in [3.63, 3.8) is 0 Å². The van der Waals surface area contributed by atoms with Crippen LogP contribution in [0.3, 0.4) is 0 Å². The molecule has 0 aromatic carbocycles. The number of nitrogens with one attached hydrogen (secondary N) is 2. The summed E-state index contributed by atoms with van der Waals surface area (Å²) in [7, 11) is 0. The van der Waals surface area contributed by atoms with E-state index in [1.807, 2.05) is 6.92 Å². The molecule has 1 saturated carbocycles. The summed E-state index contributed by atoms with van der Waals surface area (Å²) in [5.41, 5.74) is -1.05. The van der Waals surface area contributed by atoms with Gasteiger partial charge in [-0.15, -0.1) is 11.3 Å². The molecule has 3 N–H and O–H groups in total. The number of nitrogens with zero attached hydrogens (tertiary/aromatic N) is 3. The molecule has 8 nitrogen and oxygen atoms in total. The molecule has 2 amide bonds. The number of likely N-dealkylation sites (tertiary alicyclic amines) is 1. The van der Waals surface area contributed by atoms with Crippen LogP contribution in [0.5, 0.6) is 0 Å². The highest BCUT2D eigenvalue weighted by atomic mass is 32.1. The van der Waals surface area contributed by atoms with Crippen LogP contribution in [0.15, 0.2) is 12.3 Å². The maximum Gasteiger partial charge on any atom is 0.408 e. The third-order valence-electron chi connectivity index (χ3n) is 6.66. The molecule has 2 aromatic rings. The summed E-state index contributed by atoms with van der Waals surface area (Å²) in [6.07, 6.45) is -4.89. The molecule has 0 bridgehead atoms. The molecule has 0 radical (unpaired) electrons. The number of hydrogen-bond donors (Lipinski definition) is 3. The van der Waals surface area contributed by atoms with Gasteiger partial charge in [-0.05, 0) is 45.6 Å². The van der Waals surface area contributed by atoms with Crippen molar-refractivity contribution < 1.29 is 36.6 Å². The average molecular weight is 548 g/mol. The molecule has 0 spiro atoms. The Labute approximate surface area is 213 Å². The fraction of sp³-hybridized carbons (Fsp3) is 0.565. The van der Waals surface area contributed by atoms with E-state index in [1.165, 1.54) is 0 Å². The highest BCUT2D eigenvalue weighted by Crippen LogP contribution is 2.39. The minimum atomic E-state index is -4.62. The number of amides is 2. The number of hydrogen-bond acceptors (Lipinski definition) is 7. The van der Waals surface area contributed by atoms with Crippen LogP contribution in [-0.4, -0.2) is 68.7 Å². The summed E-state index contributed by atoms with van der Waals surface area (Å²) in [6.45, 7) is 3.11. The fourth-order valence-corrected chi connectivity index (χ4v) is 5.21. The SMILES string of the molecule is C[C@H](Nc1cc(C(F)F)c(-c2sc(C(=O)NC3CCC3O)nc2C(=O)N2CCC[C@@H]2C)cn1)C(F)(F)F. The van der Waals surface area contributed by atoms with E-state index in [4.69, 9.17) is 0 Å². The lowest BCUT2D eigenvalue weighted by atomic mass is 9.89. The smallest absolute Gasteiger partial charge is 0.391 e. The van der Waals surface area contributed by atoms with Crippen molar-refractivity contribution in [3.05, 3.63) is 28.5 Å². The fourth-order valence-electron chi connectivity index (χ4n) is 4.22. The maximum atomic E-state index is 14.1. The Morgan fingerprint density at radius 1 is 1.24 bits per heavy atom. The largest absolute Gasteiger partial charge is 0.408 e. The lowest BCUT2D eigenvalue weighted by Crippen LogP contribution is -2.50. The lowest BCUT2D eigenvalue weighted by molar-refractivity contribution is -0.138. The number of alkyl halides is 5. The Balaban J connectivity index is 1.74. The summed E-state index contributed by atoms with van der Waals surface area (Å²) in [5, 5.41) is 14.3. The summed E-state index contributed by atoms with van der Waals surface area (Å²) < 4.78 is 67.0. The van der Waals surface area contributed by atoms with Crippen molar-refractivity contribution >= 4 is 29.0 Å². The Morgan fingerprint density at radius 3 is 2.51 bits per heavy atom. The van der Waals surface area contributed by atoms with Gasteiger partial charge in [0.1, 0.15) is 17.6 Å². The average Bonchev–Trinajstić information content (AvgIpc) is 3.47. The van der Waals surface area contributed by atoms with Gasteiger partial charge in [0.05, 0.1) is 17.0 Å². The summed E-state index contributed by atoms with van der Waals surface area (Å²) in [6, 6.07) is -1.82. The van der Waals surface area contributed by atoms with Crippen molar-refractivity contribution in [1.29, 1.82) is 0 Å². The van der Waals surface area contributed by atoms with Crippen molar-refractivity contribution in [2.75, 3.05) is 11.9 Å². The van der Waals surface area contributed by atoms with Crippen LogP contribution in [0.2, 0.25) is 0 Å². The van der Waals surface area contributed by atoms with E-state index in [-0.39, 0.29) is 27.2 Å². The zero-order chi connectivity index (χ0) is 27.1. The van der Waals surface area contributed by atoms with Crippen LogP contribution >= 0.6 is 11.3 Å². The molecule has 4 rings (SSSR count). The van der Waals surface area contributed by atoms with Gasteiger partial charge in [-0.25, -0.2) is 18.7 Å². The number of rotatable bonds is 7. The van der Waals surface area contributed by atoms with Gasteiger partial charge in [0.2, 0.25) is 0 Å². The van der Waals surface area contributed by atoms with Crippen LogP contribution in [0.25, 0.3) is 10.4 Å². The van der Waals surface area contributed by atoms with E-state index < -0.39 is 54.0 Å². The summed E-state index contributed by atoms with van der Waals surface area (Å²) in [4.78, 5) is 35.8. The van der Waals surface area contributed by atoms with Gasteiger partial charge in [0.15, 0.2) is 5.01 Å². The van der Waals surface area contributed by atoms with E-state index in [9.17, 15) is 36.6 Å². The van der Waals surface area contributed by atoms with Crippen molar-refractivity contribution in [3.8, 4) is 10.4 Å². The van der Waals surface area contributed by atoms with Crippen molar-refractivity contribution in [2.45, 2.75) is 76.4 Å². The number of halogens is 5. The predicted molar refractivity (Wildman–Crippen MR) is 126 cm³/mol. The number of aliphatic hydroxyl groups excluding tert-OH is 1. The number of carbonyl (C=O) groups excluding carboxylic acids is 2. The van der Waals surface area contributed by atoms with Gasteiger partial charge in [-0.3, -0.25) is 9.59 Å². The quantitative estimate of drug-likeness (QED) is 0.444. The monoisotopic (exact) mass is 547 g/mol. The molecule has 1 aliphatic heterocycles. The van der Waals surface area contributed by atoms with Crippen molar-refractivity contribution in [1.82, 2.24) is 20.2 Å². The molecule has 2 aliphatic rings. The highest BCUT2D eigenvalue weighted by molar-refractivity contribution is 7.17.